The smallest absolute Gasteiger partial charge is 0.164 e. The van der Waals surface area contributed by atoms with Crippen LogP contribution >= 0.6 is 0 Å². The molecule has 2 nitrogen and oxygen atoms in total. The van der Waals surface area contributed by atoms with E-state index in [4.69, 9.17) is 4.74 Å². The lowest BCUT2D eigenvalue weighted by molar-refractivity contribution is 0.0929. The first kappa shape index (κ1) is 12.8. The third kappa shape index (κ3) is 1.94. The second kappa shape index (κ2) is 4.81. The molecule has 1 atom stereocenters. The maximum Gasteiger partial charge on any atom is 0.164 e. The van der Waals surface area contributed by atoms with Gasteiger partial charge in [0.15, 0.2) is 11.6 Å². The number of hydrogen-bond acceptors (Lipinski definition) is 2. The van der Waals surface area contributed by atoms with Gasteiger partial charge in [-0.25, -0.2) is 8.78 Å². The van der Waals surface area contributed by atoms with Crippen molar-refractivity contribution in [3.63, 3.8) is 0 Å². The standard InChI is InChI=1S/C17H15F2NO/c18-13-6-5-12-9-11-3-1-2-4-14(11)20-7-8-21-10-15(20)16(12)17(13)19/h1-6,15H,7-10H2. The van der Waals surface area contributed by atoms with Gasteiger partial charge < -0.3 is 9.64 Å². The van der Waals surface area contributed by atoms with E-state index in [9.17, 15) is 8.78 Å². The number of para-hydroxylation sites is 1. The summed E-state index contributed by atoms with van der Waals surface area (Å²) in [6.45, 7) is 1.69. The summed E-state index contributed by atoms with van der Waals surface area (Å²) < 4.78 is 33.6. The fraction of sp³-hybridized carbons (Fsp3) is 0.294. The van der Waals surface area contributed by atoms with Crippen molar-refractivity contribution >= 4 is 5.69 Å². The van der Waals surface area contributed by atoms with Crippen molar-refractivity contribution < 1.29 is 13.5 Å². The van der Waals surface area contributed by atoms with Crippen LogP contribution in [0.1, 0.15) is 22.7 Å². The van der Waals surface area contributed by atoms with E-state index >= 15 is 0 Å². The van der Waals surface area contributed by atoms with E-state index in [1.54, 1.807) is 6.07 Å². The lowest BCUT2D eigenvalue weighted by atomic mass is 9.96. The van der Waals surface area contributed by atoms with Crippen LogP contribution in [0.4, 0.5) is 14.5 Å². The summed E-state index contributed by atoms with van der Waals surface area (Å²) in [5.74, 6) is -1.52. The first-order valence-electron chi connectivity index (χ1n) is 7.15. The SMILES string of the molecule is Fc1ccc2c(c1F)C1COCCN1c1ccccc1C2. The summed E-state index contributed by atoms with van der Waals surface area (Å²) in [4.78, 5) is 2.15. The molecule has 2 aliphatic rings. The Morgan fingerprint density at radius 1 is 1.05 bits per heavy atom. The predicted molar refractivity (Wildman–Crippen MR) is 76.5 cm³/mol. The van der Waals surface area contributed by atoms with Gasteiger partial charge in [0.1, 0.15) is 0 Å². The topological polar surface area (TPSA) is 12.5 Å². The number of halogens is 2. The molecule has 21 heavy (non-hydrogen) atoms. The number of fused-ring (bicyclic) bond motifs is 5. The van der Waals surface area contributed by atoms with Gasteiger partial charge in [-0.05, 0) is 29.7 Å². The van der Waals surface area contributed by atoms with Gasteiger partial charge in [0.2, 0.25) is 0 Å². The van der Waals surface area contributed by atoms with E-state index in [1.165, 1.54) is 6.07 Å². The number of anilines is 1. The fourth-order valence-corrected chi connectivity index (χ4v) is 3.40. The Hall–Kier alpha value is -1.94. The minimum atomic E-state index is -0.787. The molecule has 0 saturated carbocycles. The van der Waals surface area contributed by atoms with Gasteiger partial charge in [0.05, 0.1) is 19.3 Å². The lowest BCUT2D eigenvalue weighted by Gasteiger charge is -2.37. The molecule has 1 fully saturated rings. The lowest BCUT2D eigenvalue weighted by Crippen LogP contribution is -2.40. The molecule has 4 rings (SSSR count). The molecule has 2 aromatic rings. The van der Waals surface area contributed by atoms with Crippen molar-refractivity contribution in [2.45, 2.75) is 12.5 Å². The van der Waals surface area contributed by atoms with Crippen LogP contribution in [0.5, 0.6) is 0 Å². The van der Waals surface area contributed by atoms with Crippen LogP contribution in [-0.2, 0) is 11.2 Å². The van der Waals surface area contributed by atoms with Crippen molar-refractivity contribution in [3.05, 3.63) is 64.7 Å². The molecule has 2 aliphatic heterocycles. The van der Waals surface area contributed by atoms with Crippen LogP contribution in [0.15, 0.2) is 36.4 Å². The minimum Gasteiger partial charge on any atom is -0.377 e. The van der Waals surface area contributed by atoms with Crippen LogP contribution in [0.25, 0.3) is 0 Å². The predicted octanol–water partition coefficient (Wildman–Crippen LogP) is 3.45. The highest BCUT2D eigenvalue weighted by Crippen LogP contribution is 2.40. The Kier molecular flexibility index (Phi) is 2.93. The molecule has 2 aromatic carbocycles. The molecule has 0 bridgehead atoms. The number of morpholine rings is 1. The average Bonchev–Trinajstić information content (AvgIpc) is 2.66. The Bertz CT molecular complexity index is 701. The molecule has 4 heteroatoms. The van der Waals surface area contributed by atoms with Crippen molar-refractivity contribution in [2.24, 2.45) is 0 Å². The second-order valence-electron chi connectivity index (χ2n) is 5.52. The zero-order chi connectivity index (χ0) is 14.4. The largest absolute Gasteiger partial charge is 0.377 e. The summed E-state index contributed by atoms with van der Waals surface area (Å²) in [5, 5.41) is 0. The van der Waals surface area contributed by atoms with Gasteiger partial charge in [-0.15, -0.1) is 0 Å². The first-order chi connectivity index (χ1) is 10.3. The quantitative estimate of drug-likeness (QED) is 0.736. The number of hydrogen-bond donors (Lipinski definition) is 0. The van der Waals surface area contributed by atoms with Gasteiger partial charge >= 0.3 is 0 Å². The highest BCUT2D eigenvalue weighted by Gasteiger charge is 2.33. The van der Waals surface area contributed by atoms with Crippen molar-refractivity contribution in [1.29, 1.82) is 0 Å². The molecule has 0 aliphatic carbocycles. The van der Waals surface area contributed by atoms with Crippen molar-refractivity contribution in [1.82, 2.24) is 0 Å². The van der Waals surface area contributed by atoms with Crippen molar-refractivity contribution in [2.75, 3.05) is 24.7 Å². The summed E-state index contributed by atoms with van der Waals surface area (Å²) in [5.41, 5.74) is 3.54. The molecule has 0 aromatic heterocycles. The van der Waals surface area contributed by atoms with E-state index < -0.39 is 11.6 Å². The molecule has 0 amide bonds. The molecule has 1 saturated heterocycles. The van der Waals surface area contributed by atoms with Gasteiger partial charge in [-0.2, -0.15) is 0 Å². The van der Waals surface area contributed by atoms with Gasteiger partial charge in [0.25, 0.3) is 0 Å². The maximum absolute atomic E-state index is 14.4. The third-order valence-electron chi connectivity index (χ3n) is 4.37. The molecule has 2 heterocycles. The summed E-state index contributed by atoms with van der Waals surface area (Å²) in [6.07, 6.45) is 0.621. The summed E-state index contributed by atoms with van der Waals surface area (Å²) >= 11 is 0. The fourth-order valence-electron chi connectivity index (χ4n) is 3.40. The molecule has 0 N–H and O–H groups in total. The van der Waals surface area contributed by atoms with Crippen LogP contribution in [-0.4, -0.2) is 19.8 Å². The molecular formula is C17H15F2NO. The number of nitrogens with zero attached hydrogens (tertiary/aromatic N) is 1. The minimum absolute atomic E-state index is 0.256. The summed E-state index contributed by atoms with van der Waals surface area (Å²) in [7, 11) is 0. The Labute approximate surface area is 122 Å². The Balaban J connectivity index is 1.96. The average molecular weight is 287 g/mol. The number of benzene rings is 2. The van der Waals surface area contributed by atoms with Gasteiger partial charge in [0, 0.05) is 17.8 Å². The Morgan fingerprint density at radius 3 is 2.81 bits per heavy atom. The molecule has 0 spiro atoms. The number of ether oxygens (including phenoxy) is 1. The monoisotopic (exact) mass is 287 g/mol. The van der Waals surface area contributed by atoms with Crippen LogP contribution in [0, 0.1) is 11.6 Å². The highest BCUT2D eigenvalue weighted by atomic mass is 19.2. The molecule has 1 unspecified atom stereocenters. The molecule has 108 valence electrons. The van der Waals surface area contributed by atoms with E-state index in [0.29, 0.717) is 31.7 Å². The third-order valence-corrected chi connectivity index (χ3v) is 4.37. The number of rotatable bonds is 0. The first-order valence-corrected chi connectivity index (χ1v) is 7.15. The van der Waals surface area contributed by atoms with Gasteiger partial charge in [-0.3, -0.25) is 0 Å². The maximum atomic E-state index is 14.4. The normalized spacial score (nSPS) is 20.3. The van der Waals surface area contributed by atoms with Crippen LogP contribution in [0.2, 0.25) is 0 Å². The zero-order valence-electron chi connectivity index (χ0n) is 11.5. The van der Waals surface area contributed by atoms with Crippen LogP contribution < -0.4 is 4.90 Å². The Morgan fingerprint density at radius 2 is 1.90 bits per heavy atom. The highest BCUT2D eigenvalue weighted by molar-refractivity contribution is 5.60. The van der Waals surface area contributed by atoms with E-state index in [0.717, 1.165) is 16.8 Å². The van der Waals surface area contributed by atoms with E-state index in [-0.39, 0.29) is 6.04 Å². The van der Waals surface area contributed by atoms with E-state index in [1.807, 2.05) is 18.2 Å². The zero-order valence-corrected chi connectivity index (χ0v) is 11.5. The second-order valence-corrected chi connectivity index (χ2v) is 5.52. The molecular weight excluding hydrogens is 272 g/mol. The molecule has 0 radical (unpaired) electrons. The van der Waals surface area contributed by atoms with Crippen molar-refractivity contribution in [3.8, 4) is 0 Å². The van der Waals surface area contributed by atoms with Crippen LogP contribution in [0.3, 0.4) is 0 Å². The summed E-state index contributed by atoms with van der Waals surface area (Å²) in [6, 6.07) is 10.7. The van der Waals surface area contributed by atoms with E-state index in [2.05, 4.69) is 11.0 Å². The van der Waals surface area contributed by atoms with Gasteiger partial charge in [-0.1, -0.05) is 24.3 Å².